The average Bonchev–Trinajstić information content (AvgIpc) is 2.78. The zero-order valence-corrected chi connectivity index (χ0v) is 10.6. The Morgan fingerprint density at radius 1 is 1.44 bits per heavy atom. The lowest BCUT2D eigenvalue weighted by atomic mass is 10.1. The largest absolute Gasteiger partial charge is 0.445 e. The van der Waals surface area contributed by atoms with Gasteiger partial charge in [0.15, 0.2) is 0 Å². The number of aliphatic hydroxyl groups excluding tert-OH is 1. The highest BCUT2D eigenvalue weighted by molar-refractivity contribution is 5.68. The molecule has 18 heavy (non-hydrogen) atoms. The van der Waals surface area contributed by atoms with Crippen LogP contribution >= 0.6 is 0 Å². The third kappa shape index (κ3) is 3.01. The molecule has 1 aromatic rings. The number of hydrogen-bond acceptors (Lipinski definition) is 3. The minimum absolute atomic E-state index is 0.00474. The first-order chi connectivity index (χ1) is 8.70. The van der Waals surface area contributed by atoms with E-state index >= 15 is 0 Å². The highest BCUT2D eigenvalue weighted by Gasteiger charge is 2.33. The fourth-order valence-corrected chi connectivity index (χ4v) is 2.35. The van der Waals surface area contributed by atoms with Gasteiger partial charge < -0.3 is 14.7 Å². The van der Waals surface area contributed by atoms with Crippen LogP contribution in [0.4, 0.5) is 4.79 Å². The Hall–Kier alpha value is -1.55. The lowest BCUT2D eigenvalue weighted by Gasteiger charge is -2.22. The van der Waals surface area contributed by atoms with Crippen molar-refractivity contribution in [3.63, 3.8) is 0 Å². The van der Waals surface area contributed by atoms with Crippen molar-refractivity contribution in [1.29, 1.82) is 0 Å². The first kappa shape index (κ1) is 12.9. The Labute approximate surface area is 107 Å². The number of rotatable bonds is 3. The van der Waals surface area contributed by atoms with Crippen molar-refractivity contribution in [2.45, 2.75) is 26.0 Å². The highest BCUT2D eigenvalue weighted by atomic mass is 16.6. The van der Waals surface area contributed by atoms with Crippen LogP contribution in [-0.2, 0) is 11.3 Å². The molecule has 4 heteroatoms. The predicted molar refractivity (Wildman–Crippen MR) is 68.0 cm³/mol. The third-order valence-electron chi connectivity index (χ3n) is 3.27. The number of nitrogens with zero attached hydrogens (tertiary/aromatic N) is 1. The Morgan fingerprint density at radius 2 is 2.17 bits per heavy atom. The predicted octanol–water partition coefficient (Wildman–Crippen LogP) is 2.03. The van der Waals surface area contributed by atoms with E-state index in [0.29, 0.717) is 12.5 Å². The van der Waals surface area contributed by atoms with E-state index in [1.54, 1.807) is 4.90 Å². The number of carbonyl (C=O) groups is 1. The molecular weight excluding hydrogens is 230 g/mol. The summed E-state index contributed by atoms with van der Waals surface area (Å²) in [6, 6.07) is 9.50. The Morgan fingerprint density at radius 3 is 2.83 bits per heavy atom. The monoisotopic (exact) mass is 249 g/mol. The van der Waals surface area contributed by atoms with Gasteiger partial charge in [0.1, 0.15) is 6.61 Å². The molecule has 0 aromatic heterocycles. The molecule has 0 spiro atoms. The zero-order valence-electron chi connectivity index (χ0n) is 10.6. The van der Waals surface area contributed by atoms with Gasteiger partial charge in [0.2, 0.25) is 0 Å². The van der Waals surface area contributed by atoms with Gasteiger partial charge in [-0.05, 0) is 17.9 Å². The molecule has 1 amide bonds. The smallest absolute Gasteiger partial charge is 0.410 e. The van der Waals surface area contributed by atoms with Gasteiger partial charge in [-0.2, -0.15) is 0 Å². The summed E-state index contributed by atoms with van der Waals surface area (Å²) in [5.74, 6) is 0.423. The molecule has 2 rings (SSSR count). The van der Waals surface area contributed by atoms with Gasteiger partial charge in [0.05, 0.1) is 12.6 Å². The second-order valence-electron chi connectivity index (χ2n) is 4.87. The van der Waals surface area contributed by atoms with Crippen molar-refractivity contribution in [2.24, 2.45) is 5.92 Å². The fourth-order valence-electron chi connectivity index (χ4n) is 2.35. The number of hydrogen-bond donors (Lipinski definition) is 1. The van der Waals surface area contributed by atoms with Gasteiger partial charge in [-0.15, -0.1) is 0 Å². The molecule has 1 aliphatic rings. The van der Waals surface area contributed by atoms with E-state index in [4.69, 9.17) is 4.74 Å². The summed E-state index contributed by atoms with van der Waals surface area (Å²) in [7, 11) is 0. The Kier molecular flexibility index (Phi) is 4.20. The minimum atomic E-state index is -0.331. The number of aliphatic hydroxyl groups is 1. The van der Waals surface area contributed by atoms with Crippen LogP contribution in [0.1, 0.15) is 18.9 Å². The van der Waals surface area contributed by atoms with Crippen LogP contribution in [0.15, 0.2) is 30.3 Å². The van der Waals surface area contributed by atoms with Crippen molar-refractivity contribution < 1.29 is 14.6 Å². The molecule has 0 aliphatic carbocycles. The van der Waals surface area contributed by atoms with Crippen LogP contribution in [0.5, 0.6) is 0 Å². The maximum absolute atomic E-state index is 11.9. The summed E-state index contributed by atoms with van der Waals surface area (Å²) in [5.41, 5.74) is 0.971. The van der Waals surface area contributed by atoms with E-state index < -0.39 is 0 Å². The van der Waals surface area contributed by atoms with Gasteiger partial charge in [0, 0.05) is 6.54 Å². The standard InChI is InChI=1S/C14H19NO3/c1-11-7-13(9-16)15(8-11)14(17)18-10-12-5-3-2-4-6-12/h2-6,11,13,16H,7-10H2,1H3/t11?,13-/m0/s1. The van der Waals surface area contributed by atoms with Crippen LogP contribution in [-0.4, -0.2) is 35.3 Å². The van der Waals surface area contributed by atoms with Crippen molar-refractivity contribution in [1.82, 2.24) is 4.90 Å². The first-order valence-electron chi connectivity index (χ1n) is 6.29. The summed E-state index contributed by atoms with van der Waals surface area (Å²) in [4.78, 5) is 13.6. The lowest BCUT2D eigenvalue weighted by molar-refractivity contribution is 0.0792. The quantitative estimate of drug-likeness (QED) is 0.891. The summed E-state index contributed by atoms with van der Waals surface area (Å²) in [6.07, 6.45) is 0.513. The molecule has 0 radical (unpaired) electrons. The van der Waals surface area contributed by atoms with E-state index in [1.807, 2.05) is 30.3 Å². The maximum atomic E-state index is 11.9. The topological polar surface area (TPSA) is 49.8 Å². The van der Waals surface area contributed by atoms with E-state index in [9.17, 15) is 9.90 Å². The summed E-state index contributed by atoms with van der Waals surface area (Å²) in [5, 5.41) is 9.24. The molecular formula is C14H19NO3. The van der Waals surface area contributed by atoms with E-state index in [2.05, 4.69) is 6.92 Å². The normalized spacial score (nSPS) is 23.1. The summed E-state index contributed by atoms with van der Waals surface area (Å²) < 4.78 is 5.27. The van der Waals surface area contributed by atoms with Gasteiger partial charge in [-0.1, -0.05) is 37.3 Å². The summed E-state index contributed by atoms with van der Waals surface area (Å²) >= 11 is 0. The molecule has 2 atom stereocenters. The minimum Gasteiger partial charge on any atom is -0.445 e. The van der Waals surface area contributed by atoms with Gasteiger partial charge in [0.25, 0.3) is 0 Å². The molecule has 4 nitrogen and oxygen atoms in total. The van der Waals surface area contributed by atoms with Crippen molar-refractivity contribution in [3.8, 4) is 0 Å². The molecule has 1 unspecified atom stereocenters. The molecule has 1 heterocycles. The molecule has 0 saturated carbocycles. The van der Waals surface area contributed by atoms with Crippen LogP contribution < -0.4 is 0 Å². The van der Waals surface area contributed by atoms with Crippen molar-refractivity contribution >= 4 is 6.09 Å². The second kappa shape index (κ2) is 5.87. The Balaban J connectivity index is 1.88. The molecule has 1 fully saturated rings. The van der Waals surface area contributed by atoms with Gasteiger partial charge >= 0.3 is 6.09 Å². The first-order valence-corrected chi connectivity index (χ1v) is 6.29. The number of likely N-dealkylation sites (tertiary alicyclic amines) is 1. The van der Waals surface area contributed by atoms with E-state index in [1.165, 1.54) is 0 Å². The summed E-state index contributed by atoms with van der Waals surface area (Å²) in [6.45, 7) is 3.03. The fraction of sp³-hybridized carbons (Fsp3) is 0.500. The van der Waals surface area contributed by atoms with Crippen molar-refractivity contribution in [2.75, 3.05) is 13.2 Å². The SMILES string of the molecule is CC1C[C@@H](CO)N(C(=O)OCc2ccccc2)C1. The lowest BCUT2D eigenvalue weighted by Crippen LogP contribution is -2.38. The number of carbonyl (C=O) groups excluding carboxylic acids is 1. The van der Waals surface area contributed by atoms with Crippen LogP contribution in [0, 0.1) is 5.92 Å². The maximum Gasteiger partial charge on any atom is 0.410 e. The van der Waals surface area contributed by atoms with Crippen LogP contribution in [0.25, 0.3) is 0 Å². The van der Waals surface area contributed by atoms with Crippen LogP contribution in [0.2, 0.25) is 0 Å². The molecule has 1 aliphatic heterocycles. The third-order valence-corrected chi connectivity index (χ3v) is 3.27. The molecule has 0 bridgehead atoms. The van der Waals surface area contributed by atoms with Gasteiger partial charge in [-0.25, -0.2) is 4.79 Å². The van der Waals surface area contributed by atoms with Crippen molar-refractivity contribution in [3.05, 3.63) is 35.9 Å². The second-order valence-corrected chi connectivity index (χ2v) is 4.87. The van der Waals surface area contributed by atoms with Crippen LogP contribution in [0.3, 0.4) is 0 Å². The molecule has 1 saturated heterocycles. The van der Waals surface area contributed by atoms with E-state index in [-0.39, 0.29) is 25.3 Å². The van der Waals surface area contributed by atoms with Gasteiger partial charge in [-0.3, -0.25) is 0 Å². The molecule has 98 valence electrons. The Bertz CT molecular complexity index is 393. The molecule has 1 aromatic carbocycles. The highest BCUT2D eigenvalue weighted by Crippen LogP contribution is 2.23. The number of ether oxygens (including phenoxy) is 1. The number of benzene rings is 1. The zero-order chi connectivity index (χ0) is 13.0. The molecule has 1 N–H and O–H groups in total. The van der Waals surface area contributed by atoms with E-state index in [0.717, 1.165) is 12.0 Å². The average molecular weight is 249 g/mol. The number of amides is 1.